The summed E-state index contributed by atoms with van der Waals surface area (Å²) in [5, 5.41) is 12.3. The van der Waals surface area contributed by atoms with Crippen molar-refractivity contribution in [3.63, 3.8) is 0 Å². The highest BCUT2D eigenvalue weighted by Crippen LogP contribution is 2.35. The quantitative estimate of drug-likeness (QED) is 0.907. The number of ether oxygens (including phenoxy) is 2. The molecule has 1 unspecified atom stereocenters. The minimum Gasteiger partial charge on any atom is -0.496 e. The molecule has 1 N–H and O–H groups in total. The van der Waals surface area contributed by atoms with Crippen molar-refractivity contribution >= 4 is 11.3 Å². The fourth-order valence-corrected chi connectivity index (χ4v) is 2.66. The first-order chi connectivity index (χ1) is 9.11. The molecule has 0 spiro atoms. The van der Waals surface area contributed by atoms with Gasteiger partial charge < -0.3 is 14.6 Å². The Hall–Kier alpha value is -1.52. The van der Waals surface area contributed by atoms with Gasteiger partial charge in [0.15, 0.2) is 0 Å². The lowest BCUT2D eigenvalue weighted by Gasteiger charge is -2.17. The molecule has 0 bridgehead atoms. The molecule has 0 radical (unpaired) electrons. The summed E-state index contributed by atoms with van der Waals surface area (Å²) in [5.74, 6) is 1.48. The SMILES string of the molecule is COc1csc(C(O)c2ccccc2OC(C)C)c1. The van der Waals surface area contributed by atoms with Crippen molar-refractivity contribution in [3.8, 4) is 11.5 Å². The summed E-state index contributed by atoms with van der Waals surface area (Å²) in [6.45, 7) is 3.94. The van der Waals surface area contributed by atoms with E-state index in [0.29, 0.717) is 0 Å². The maximum atomic E-state index is 10.5. The van der Waals surface area contributed by atoms with Crippen molar-refractivity contribution in [2.75, 3.05) is 7.11 Å². The van der Waals surface area contributed by atoms with E-state index in [9.17, 15) is 5.11 Å². The molecule has 102 valence electrons. The van der Waals surface area contributed by atoms with Crippen molar-refractivity contribution in [1.29, 1.82) is 0 Å². The van der Waals surface area contributed by atoms with E-state index in [1.165, 1.54) is 11.3 Å². The number of hydrogen-bond acceptors (Lipinski definition) is 4. The number of hydrogen-bond donors (Lipinski definition) is 1. The number of thiophene rings is 1. The number of aliphatic hydroxyl groups is 1. The van der Waals surface area contributed by atoms with Gasteiger partial charge in [0.25, 0.3) is 0 Å². The molecule has 4 heteroatoms. The van der Waals surface area contributed by atoms with Crippen molar-refractivity contribution in [2.24, 2.45) is 0 Å². The van der Waals surface area contributed by atoms with Crippen LogP contribution in [0, 0.1) is 0 Å². The second-order valence-electron chi connectivity index (χ2n) is 4.50. The summed E-state index contributed by atoms with van der Waals surface area (Å²) in [6, 6.07) is 9.42. The number of benzene rings is 1. The summed E-state index contributed by atoms with van der Waals surface area (Å²) >= 11 is 1.47. The molecule has 1 aromatic carbocycles. The fraction of sp³-hybridized carbons (Fsp3) is 0.333. The van der Waals surface area contributed by atoms with E-state index in [2.05, 4.69) is 0 Å². The largest absolute Gasteiger partial charge is 0.496 e. The first-order valence-corrected chi connectivity index (χ1v) is 7.06. The Morgan fingerprint density at radius 1 is 1.21 bits per heavy atom. The number of para-hydroxylation sites is 1. The van der Waals surface area contributed by atoms with Gasteiger partial charge in [-0.2, -0.15) is 0 Å². The average molecular weight is 278 g/mol. The van der Waals surface area contributed by atoms with Crippen molar-refractivity contribution in [1.82, 2.24) is 0 Å². The van der Waals surface area contributed by atoms with Gasteiger partial charge in [0.2, 0.25) is 0 Å². The molecule has 2 aromatic rings. The molecular formula is C15H18O3S. The minimum absolute atomic E-state index is 0.0752. The molecule has 1 atom stereocenters. The van der Waals surface area contributed by atoms with Crippen molar-refractivity contribution in [3.05, 3.63) is 46.2 Å². The van der Waals surface area contributed by atoms with Gasteiger partial charge in [-0.25, -0.2) is 0 Å². The highest BCUT2D eigenvalue weighted by molar-refractivity contribution is 7.10. The molecule has 0 fully saturated rings. The van der Waals surface area contributed by atoms with Gasteiger partial charge in [-0.1, -0.05) is 18.2 Å². The van der Waals surface area contributed by atoms with Crippen molar-refractivity contribution < 1.29 is 14.6 Å². The summed E-state index contributed by atoms with van der Waals surface area (Å²) in [4.78, 5) is 0.844. The van der Waals surface area contributed by atoms with Crippen LogP contribution < -0.4 is 9.47 Å². The zero-order valence-electron chi connectivity index (χ0n) is 11.3. The summed E-state index contributed by atoms with van der Waals surface area (Å²) in [6.07, 6.45) is -0.616. The molecule has 19 heavy (non-hydrogen) atoms. The summed E-state index contributed by atoms with van der Waals surface area (Å²) in [5.41, 5.74) is 0.778. The lowest BCUT2D eigenvalue weighted by Crippen LogP contribution is -2.09. The van der Waals surface area contributed by atoms with Crippen LogP contribution in [0.3, 0.4) is 0 Å². The molecule has 0 saturated heterocycles. The highest BCUT2D eigenvalue weighted by Gasteiger charge is 2.18. The van der Waals surface area contributed by atoms with E-state index in [1.54, 1.807) is 7.11 Å². The first kappa shape index (κ1) is 13.9. The first-order valence-electron chi connectivity index (χ1n) is 6.18. The zero-order chi connectivity index (χ0) is 13.8. The average Bonchev–Trinajstić information content (AvgIpc) is 2.86. The van der Waals surface area contributed by atoms with E-state index in [1.807, 2.05) is 49.6 Å². The van der Waals surface area contributed by atoms with Gasteiger partial charge in [0.05, 0.1) is 13.2 Å². The predicted molar refractivity (Wildman–Crippen MR) is 77.1 cm³/mol. The van der Waals surface area contributed by atoms with Crippen LogP contribution in [0.15, 0.2) is 35.7 Å². The lowest BCUT2D eigenvalue weighted by atomic mass is 10.1. The zero-order valence-corrected chi connectivity index (χ0v) is 12.1. The smallest absolute Gasteiger partial charge is 0.129 e. The van der Waals surface area contributed by atoms with E-state index < -0.39 is 6.10 Å². The normalized spacial score (nSPS) is 12.5. The molecular weight excluding hydrogens is 260 g/mol. The molecule has 1 aromatic heterocycles. The van der Waals surface area contributed by atoms with Gasteiger partial charge in [0, 0.05) is 15.8 Å². The molecule has 1 heterocycles. The lowest BCUT2D eigenvalue weighted by molar-refractivity contribution is 0.200. The Kier molecular flexibility index (Phi) is 4.45. The molecule has 3 nitrogen and oxygen atoms in total. The molecule has 0 aliphatic carbocycles. The van der Waals surface area contributed by atoms with E-state index >= 15 is 0 Å². The Balaban J connectivity index is 2.29. The van der Waals surface area contributed by atoms with Crippen LogP contribution in [0.25, 0.3) is 0 Å². The standard InChI is InChI=1S/C15H18O3S/c1-10(2)18-13-7-5-4-6-12(13)15(16)14-8-11(17-3)9-19-14/h4-10,15-16H,1-3H3. The molecule has 0 amide bonds. The maximum absolute atomic E-state index is 10.5. The van der Waals surface area contributed by atoms with Crippen LogP contribution in [0.4, 0.5) is 0 Å². The third kappa shape index (κ3) is 3.28. The summed E-state index contributed by atoms with van der Waals surface area (Å²) in [7, 11) is 1.62. The molecule has 0 saturated carbocycles. The van der Waals surface area contributed by atoms with Gasteiger partial charge >= 0.3 is 0 Å². The highest BCUT2D eigenvalue weighted by atomic mass is 32.1. The topological polar surface area (TPSA) is 38.7 Å². The molecule has 0 aliphatic heterocycles. The van der Waals surface area contributed by atoms with Gasteiger partial charge in [0.1, 0.15) is 17.6 Å². The second kappa shape index (κ2) is 6.08. The van der Waals surface area contributed by atoms with Crippen molar-refractivity contribution in [2.45, 2.75) is 26.1 Å². The van der Waals surface area contributed by atoms with Crippen LogP contribution in [-0.2, 0) is 0 Å². The minimum atomic E-state index is -0.691. The van der Waals surface area contributed by atoms with Gasteiger partial charge in [-0.15, -0.1) is 11.3 Å². The van der Waals surface area contributed by atoms with Gasteiger partial charge in [-0.05, 0) is 26.0 Å². The molecule has 0 aliphatic rings. The number of methoxy groups -OCH3 is 1. The summed E-state index contributed by atoms with van der Waals surface area (Å²) < 4.78 is 10.9. The monoisotopic (exact) mass is 278 g/mol. The van der Waals surface area contributed by atoms with Crippen LogP contribution in [0.1, 0.15) is 30.4 Å². The Labute approximate surface area is 117 Å². The fourth-order valence-electron chi connectivity index (χ4n) is 1.81. The molecule has 2 rings (SSSR count). The second-order valence-corrected chi connectivity index (χ2v) is 5.44. The predicted octanol–water partition coefficient (Wildman–Crippen LogP) is 3.63. The Bertz CT molecular complexity index is 534. The van der Waals surface area contributed by atoms with Crippen LogP contribution in [0.2, 0.25) is 0 Å². The third-order valence-corrected chi connectivity index (χ3v) is 3.64. The van der Waals surface area contributed by atoms with Crippen LogP contribution in [0.5, 0.6) is 11.5 Å². The Morgan fingerprint density at radius 3 is 2.58 bits per heavy atom. The number of rotatable bonds is 5. The maximum Gasteiger partial charge on any atom is 0.129 e. The van der Waals surface area contributed by atoms with Crippen LogP contribution >= 0.6 is 11.3 Å². The Morgan fingerprint density at radius 2 is 1.95 bits per heavy atom. The van der Waals surface area contributed by atoms with Crippen LogP contribution in [-0.4, -0.2) is 18.3 Å². The van der Waals surface area contributed by atoms with E-state index in [0.717, 1.165) is 21.9 Å². The third-order valence-electron chi connectivity index (χ3n) is 2.68. The number of aliphatic hydroxyl groups excluding tert-OH is 1. The van der Waals surface area contributed by atoms with E-state index in [4.69, 9.17) is 9.47 Å². The van der Waals surface area contributed by atoms with Gasteiger partial charge in [-0.3, -0.25) is 0 Å². The van der Waals surface area contributed by atoms with E-state index in [-0.39, 0.29) is 6.10 Å².